The lowest BCUT2D eigenvalue weighted by atomic mass is 10.1. The Kier molecular flexibility index (Phi) is 6.58. The molecule has 0 rings (SSSR count). The summed E-state index contributed by atoms with van der Waals surface area (Å²) in [5.41, 5.74) is 2.99. The van der Waals surface area contributed by atoms with Crippen molar-refractivity contribution in [3.63, 3.8) is 0 Å². The van der Waals surface area contributed by atoms with E-state index in [4.69, 9.17) is 0 Å². The van der Waals surface area contributed by atoms with Crippen LogP contribution >= 0.6 is 0 Å². The quantitative estimate of drug-likeness (QED) is 0.330. The Bertz CT molecular complexity index is 247. The maximum absolute atomic E-state index is 3.80. The zero-order chi connectivity index (χ0) is 11.9. The van der Waals surface area contributed by atoms with Gasteiger partial charge < -0.3 is 0 Å². The minimum Gasteiger partial charge on any atom is -0.0991 e. The van der Waals surface area contributed by atoms with Crippen molar-refractivity contribution < 1.29 is 0 Å². The molecular weight excluding hydrogens is 196 g/mol. The first-order chi connectivity index (χ1) is 6.85. The second-order valence-corrected chi connectivity index (χ2v) is 11.1. The van der Waals surface area contributed by atoms with Crippen molar-refractivity contribution in [2.45, 2.75) is 52.4 Å². The summed E-state index contributed by atoms with van der Waals surface area (Å²) in [6, 6.07) is 1.30. The summed E-state index contributed by atoms with van der Waals surface area (Å²) < 4.78 is 0. The molecule has 0 aromatic carbocycles. The highest BCUT2D eigenvalue weighted by Gasteiger charge is 2.14. The summed E-state index contributed by atoms with van der Waals surface area (Å²) in [4.78, 5) is 0. The fraction of sp³-hybridized carbons (Fsp3) is 0.571. The summed E-state index contributed by atoms with van der Waals surface area (Å²) in [6.45, 7) is 15.4. The molecule has 0 aliphatic heterocycles. The molecule has 0 aromatic rings. The Labute approximate surface area is 96.8 Å². The van der Waals surface area contributed by atoms with Crippen LogP contribution in [0.25, 0.3) is 0 Å². The highest BCUT2D eigenvalue weighted by molar-refractivity contribution is 6.76. The lowest BCUT2D eigenvalue weighted by molar-refractivity contribution is 0.959. The molecule has 0 aliphatic carbocycles. The molecule has 0 spiro atoms. The number of allylic oxidation sites excluding steroid dienone is 5. The number of rotatable bonds is 6. The van der Waals surface area contributed by atoms with E-state index in [-0.39, 0.29) is 0 Å². The van der Waals surface area contributed by atoms with Gasteiger partial charge in [-0.05, 0) is 32.7 Å². The van der Waals surface area contributed by atoms with Gasteiger partial charge in [0.25, 0.3) is 0 Å². The van der Waals surface area contributed by atoms with Crippen LogP contribution in [0, 0.1) is 0 Å². The molecule has 0 N–H and O–H groups in total. The maximum Gasteiger partial charge on any atom is 0.0483 e. The molecule has 0 amide bonds. The lowest BCUT2D eigenvalue weighted by Crippen LogP contribution is -2.19. The van der Waals surface area contributed by atoms with E-state index in [1.165, 1.54) is 24.5 Å². The van der Waals surface area contributed by atoms with Gasteiger partial charge in [0.15, 0.2) is 0 Å². The molecule has 0 unspecified atom stereocenters. The van der Waals surface area contributed by atoms with Gasteiger partial charge in [-0.15, -0.1) is 0 Å². The van der Waals surface area contributed by atoms with Crippen molar-refractivity contribution in [1.82, 2.24) is 0 Å². The maximum atomic E-state index is 3.80. The van der Waals surface area contributed by atoms with Gasteiger partial charge in [-0.2, -0.15) is 0 Å². The van der Waals surface area contributed by atoms with Gasteiger partial charge in [0.05, 0.1) is 0 Å². The third kappa shape index (κ3) is 9.73. The second kappa shape index (κ2) is 6.84. The third-order valence-electron chi connectivity index (χ3n) is 2.13. The monoisotopic (exact) mass is 222 g/mol. The Balaban J connectivity index is 4.25. The van der Waals surface area contributed by atoms with E-state index < -0.39 is 8.07 Å². The van der Waals surface area contributed by atoms with E-state index >= 15 is 0 Å². The van der Waals surface area contributed by atoms with Crippen molar-refractivity contribution in [3.05, 3.63) is 36.0 Å². The predicted octanol–water partition coefficient (Wildman–Crippen LogP) is 5.18. The first-order valence-corrected chi connectivity index (χ1v) is 9.49. The average Bonchev–Trinajstić information content (AvgIpc) is 2.00. The third-order valence-corrected chi connectivity index (χ3v) is 3.64. The van der Waals surface area contributed by atoms with Crippen molar-refractivity contribution >= 4 is 8.07 Å². The van der Waals surface area contributed by atoms with Crippen LogP contribution in [0.15, 0.2) is 36.0 Å². The fourth-order valence-electron chi connectivity index (χ4n) is 1.62. The van der Waals surface area contributed by atoms with Gasteiger partial charge in [-0.25, -0.2) is 0 Å². The molecule has 0 bridgehead atoms. The molecule has 0 radical (unpaired) electrons. The summed E-state index contributed by atoms with van der Waals surface area (Å²) in [5.74, 6) is 0. The van der Waals surface area contributed by atoms with Crippen LogP contribution in [0.1, 0.15) is 26.7 Å². The minimum absolute atomic E-state index is 0.971. The highest BCUT2D eigenvalue weighted by atomic mass is 28.3. The van der Waals surface area contributed by atoms with Gasteiger partial charge in [0.2, 0.25) is 0 Å². The summed E-state index contributed by atoms with van der Waals surface area (Å²) in [7, 11) is -0.971. The molecule has 0 aromatic heterocycles. The van der Waals surface area contributed by atoms with Gasteiger partial charge in [0.1, 0.15) is 0 Å². The Morgan fingerprint density at radius 1 is 1.20 bits per heavy atom. The van der Waals surface area contributed by atoms with E-state index in [0.29, 0.717) is 0 Å². The van der Waals surface area contributed by atoms with Crippen molar-refractivity contribution in [3.8, 4) is 0 Å². The minimum atomic E-state index is -0.971. The van der Waals surface area contributed by atoms with Gasteiger partial charge in [-0.1, -0.05) is 55.6 Å². The Morgan fingerprint density at radius 3 is 2.20 bits per heavy atom. The molecule has 0 saturated heterocycles. The van der Waals surface area contributed by atoms with Crippen LogP contribution in [0.3, 0.4) is 0 Å². The van der Waals surface area contributed by atoms with E-state index in [9.17, 15) is 0 Å². The number of hydrogen-bond acceptors (Lipinski definition) is 0. The summed E-state index contributed by atoms with van der Waals surface area (Å²) in [5, 5.41) is 0. The lowest BCUT2D eigenvalue weighted by Gasteiger charge is -2.18. The Morgan fingerprint density at radius 2 is 1.80 bits per heavy atom. The molecule has 1 heteroatoms. The molecule has 0 nitrogen and oxygen atoms in total. The van der Waals surface area contributed by atoms with Gasteiger partial charge >= 0.3 is 0 Å². The van der Waals surface area contributed by atoms with Crippen molar-refractivity contribution in [2.75, 3.05) is 0 Å². The zero-order valence-electron chi connectivity index (χ0n) is 11.1. The first-order valence-electron chi connectivity index (χ1n) is 5.79. The SMILES string of the molecule is C=C/C=C(/CCC=C(C)C)C[Si](C)(C)C. The summed E-state index contributed by atoms with van der Waals surface area (Å²) in [6.07, 6.45) is 8.82. The van der Waals surface area contributed by atoms with Crippen LogP contribution in [0.5, 0.6) is 0 Å². The molecule has 0 heterocycles. The standard InChI is InChI=1S/C14H26Si/c1-7-9-14(12-15(4,5)6)11-8-10-13(2)3/h7,9-10H,1,8,11-12H2,2-6H3/b14-9-. The zero-order valence-corrected chi connectivity index (χ0v) is 12.1. The van der Waals surface area contributed by atoms with E-state index in [1.807, 2.05) is 6.08 Å². The van der Waals surface area contributed by atoms with Crippen molar-refractivity contribution in [2.24, 2.45) is 0 Å². The van der Waals surface area contributed by atoms with Crippen LogP contribution in [0.4, 0.5) is 0 Å². The molecule has 86 valence electrons. The van der Waals surface area contributed by atoms with E-state index in [0.717, 1.165) is 0 Å². The van der Waals surface area contributed by atoms with Crippen LogP contribution in [0.2, 0.25) is 25.7 Å². The summed E-state index contributed by atoms with van der Waals surface area (Å²) >= 11 is 0. The molecule has 0 aliphatic rings. The van der Waals surface area contributed by atoms with E-state index in [1.54, 1.807) is 5.57 Å². The van der Waals surface area contributed by atoms with Gasteiger partial charge in [0, 0.05) is 8.07 Å². The molecule has 0 saturated carbocycles. The smallest absolute Gasteiger partial charge is 0.0483 e. The van der Waals surface area contributed by atoms with Gasteiger partial charge in [-0.3, -0.25) is 0 Å². The Hall–Kier alpha value is -0.563. The topological polar surface area (TPSA) is 0 Å². The van der Waals surface area contributed by atoms with Crippen LogP contribution in [-0.4, -0.2) is 8.07 Å². The van der Waals surface area contributed by atoms with E-state index in [2.05, 4.69) is 52.2 Å². The largest absolute Gasteiger partial charge is 0.0991 e. The molecule has 15 heavy (non-hydrogen) atoms. The van der Waals surface area contributed by atoms with Crippen LogP contribution < -0.4 is 0 Å². The highest BCUT2D eigenvalue weighted by Crippen LogP contribution is 2.20. The molecule has 0 fully saturated rings. The molecule has 0 atom stereocenters. The predicted molar refractivity (Wildman–Crippen MR) is 75.1 cm³/mol. The normalized spacial score (nSPS) is 12.5. The average molecular weight is 222 g/mol. The number of hydrogen-bond donors (Lipinski definition) is 0. The first kappa shape index (κ1) is 14.4. The van der Waals surface area contributed by atoms with Crippen LogP contribution in [-0.2, 0) is 0 Å². The van der Waals surface area contributed by atoms with Crippen molar-refractivity contribution in [1.29, 1.82) is 0 Å². The second-order valence-electron chi connectivity index (χ2n) is 5.62. The molecular formula is C14H26Si. The fourth-order valence-corrected chi connectivity index (χ4v) is 3.28.